The molecule has 162 valence electrons. The molecule has 0 aliphatic rings. The van der Waals surface area contributed by atoms with Gasteiger partial charge in [-0.2, -0.15) is 0 Å². The first-order chi connectivity index (χ1) is 13.0. The fourth-order valence-electron chi connectivity index (χ4n) is 3.50. The van der Waals surface area contributed by atoms with Crippen molar-refractivity contribution in [3.8, 4) is 0 Å². The molecule has 0 aliphatic carbocycles. The van der Waals surface area contributed by atoms with Gasteiger partial charge in [-0.25, -0.2) is 0 Å². The minimum Gasteiger partial charge on any atom is -0.466 e. The summed E-state index contributed by atoms with van der Waals surface area (Å²) in [5.41, 5.74) is 0. The van der Waals surface area contributed by atoms with Crippen LogP contribution in [0.4, 0.5) is 0 Å². The number of carbonyl (C=O) groups excluding carboxylic acids is 1. The largest absolute Gasteiger partial charge is 0.466 e. The molecule has 27 heavy (non-hydrogen) atoms. The highest BCUT2D eigenvalue weighted by Gasteiger charge is 2.03. The summed E-state index contributed by atoms with van der Waals surface area (Å²) in [6.45, 7) is 9.83. The summed E-state index contributed by atoms with van der Waals surface area (Å²) in [4.78, 5) is 11.7. The fourth-order valence-corrected chi connectivity index (χ4v) is 3.50. The maximum atomic E-state index is 11.7. The quantitative estimate of drug-likeness (QED) is 0.156. The molecule has 2 heteroatoms. The number of hydrogen-bond acceptors (Lipinski definition) is 2. The van der Waals surface area contributed by atoms with E-state index in [4.69, 9.17) is 4.74 Å². The van der Waals surface area contributed by atoms with Crippen LogP contribution in [0.2, 0.25) is 0 Å². The van der Waals surface area contributed by atoms with Gasteiger partial charge in [0.1, 0.15) is 0 Å². The van der Waals surface area contributed by atoms with Crippen molar-refractivity contribution in [1.29, 1.82) is 0 Å². The van der Waals surface area contributed by atoms with Crippen LogP contribution >= 0.6 is 0 Å². The summed E-state index contributed by atoms with van der Waals surface area (Å²) in [7, 11) is 0. The molecule has 0 radical (unpaired) electrons. The highest BCUT2D eigenvalue weighted by Crippen LogP contribution is 2.13. The third kappa shape index (κ3) is 23.4. The van der Waals surface area contributed by atoms with Crippen molar-refractivity contribution in [1.82, 2.24) is 0 Å². The number of rotatable bonds is 20. The van der Waals surface area contributed by atoms with Crippen molar-refractivity contribution in [3.05, 3.63) is 0 Å². The van der Waals surface area contributed by atoms with E-state index in [2.05, 4.69) is 27.7 Å². The van der Waals surface area contributed by atoms with Crippen LogP contribution in [0.5, 0.6) is 0 Å². The van der Waals surface area contributed by atoms with Gasteiger partial charge in [-0.3, -0.25) is 4.79 Å². The number of carbonyl (C=O) groups is 1. The van der Waals surface area contributed by atoms with Gasteiger partial charge >= 0.3 is 5.97 Å². The van der Waals surface area contributed by atoms with Gasteiger partial charge < -0.3 is 4.74 Å². The Morgan fingerprint density at radius 1 is 0.556 bits per heavy atom. The highest BCUT2D eigenvalue weighted by atomic mass is 16.5. The topological polar surface area (TPSA) is 26.3 Å². The third-order valence-corrected chi connectivity index (χ3v) is 5.35. The molecule has 0 spiro atoms. The lowest BCUT2D eigenvalue weighted by Crippen LogP contribution is -2.05. The average molecular weight is 383 g/mol. The first-order valence-electron chi connectivity index (χ1n) is 12.2. The lowest BCUT2D eigenvalue weighted by atomic mass is 10.0. The predicted octanol–water partition coefficient (Wildman–Crippen LogP) is 8.47. The molecule has 0 heterocycles. The van der Waals surface area contributed by atoms with Crippen molar-refractivity contribution >= 4 is 5.97 Å². The van der Waals surface area contributed by atoms with Crippen LogP contribution in [0, 0.1) is 11.8 Å². The molecule has 0 aromatic carbocycles. The van der Waals surface area contributed by atoms with Crippen LogP contribution in [0.25, 0.3) is 0 Å². The number of ether oxygens (including phenoxy) is 1. The number of esters is 1. The molecular weight excluding hydrogens is 332 g/mol. The van der Waals surface area contributed by atoms with Crippen molar-refractivity contribution in [2.45, 2.75) is 137 Å². The Labute approximate surface area is 171 Å². The Morgan fingerprint density at radius 3 is 1.37 bits per heavy atom. The predicted molar refractivity (Wildman–Crippen MR) is 119 cm³/mol. The second-order valence-corrected chi connectivity index (χ2v) is 9.29. The first-order valence-corrected chi connectivity index (χ1v) is 12.2. The van der Waals surface area contributed by atoms with Gasteiger partial charge in [0.15, 0.2) is 0 Å². The molecule has 0 aromatic heterocycles. The fraction of sp³-hybridized carbons (Fsp3) is 0.960. The maximum absolute atomic E-state index is 11.7. The lowest BCUT2D eigenvalue weighted by Gasteiger charge is -2.06. The maximum Gasteiger partial charge on any atom is 0.305 e. The monoisotopic (exact) mass is 382 g/mol. The van der Waals surface area contributed by atoms with Gasteiger partial charge in [-0.1, -0.05) is 118 Å². The third-order valence-electron chi connectivity index (χ3n) is 5.35. The molecule has 0 amide bonds. The second kappa shape index (κ2) is 20.2. The van der Waals surface area contributed by atoms with E-state index < -0.39 is 0 Å². The van der Waals surface area contributed by atoms with Crippen molar-refractivity contribution in [3.63, 3.8) is 0 Å². The van der Waals surface area contributed by atoms with Gasteiger partial charge in [0.2, 0.25) is 0 Å². The first kappa shape index (κ1) is 26.5. The molecule has 0 N–H and O–H groups in total. The zero-order chi connectivity index (χ0) is 20.2. The molecular formula is C25H50O2. The smallest absolute Gasteiger partial charge is 0.305 e. The number of unbranched alkanes of at least 4 members (excludes halogenated alkanes) is 12. The zero-order valence-electron chi connectivity index (χ0n) is 19.2. The van der Waals surface area contributed by atoms with E-state index >= 15 is 0 Å². The second-order valence-electron chi connectivity index (χ2n) is 9.29. The standard InChI is InChI=1S/C25H50O2/c1-23(2)19-15-11-7-5-9-13-17-21-25(26)27-22-18-14-10-6-8-12-16-20-24(3)4/h23-24H,5-22H2,1-4H3. The molecule has 0 saturated heterocycles. The number of hydrogen-bond donors (Lipinski definition) is 0. The highest BCUT2D eigenvalue weighted by molar-refractivity contribution is 5.69. The normalized spacial score (nSPS) is 11.5. The summed E-state index contributed by atoms with van der Waals surface area (Å²) in [6.07, 6.45) is 21.2. The Bertz CT molecular complexity index is 309. The van der Waals surface area contributed by atoms with Gasteiger partial charge in [0.05, 0.1) is 6.61 Å². The summed E-state index contributed by atoms with van der Waals surface area (Å²) >= 11 is 0. The Morgan fingerprint density at radius 2 is 0.926 bits per heavy atom. The summed E-state index contributed by atoms with van der Waals surface area (Å²) in [5.74, 6) is 1.70. The average Bonchev–Trinajstić information content (AvgIpc) is 2.61. The Hall–Kier alpha value is -0.530. The lowest BCUT2D eigenvalue weighted by molar-refractivity contribution is -0.143. The Balaban J connectivity index is 3.18. The molecule has 0 rings (SSSR count). The SMILES string of the molecule is CC(C)CCCCCCCCCOC(=O)CCCCCCCCCC(C)C. The molecule has 2 nitrogen and oxygen atoms in total. The van der Waals surface area contributed by atoms with E-state index in [-0.39, 0.29) is 5.97 Å². The van der Waals surface area contributed by atoms with E-state index in [1.54, 1.807) is 0 Å². The van der Waals surface area contributed by atoms with Gasteiger partial charge in [0.25, 0.3) is 0 Å². The molecule has 0 aliphatic heterocycles. The van der Waals surface area contributed by atoms with Crippen molar-refractivity contribution in [2.75, 3.05) is 6.61 Å². The molecule has 0 saturated carbocycles. The van der Waals surface area contributed by atoms with Gasteiger partial charge in [-0.15, -0.1) is 0 Å². The van der Waals surface area contributed by atoms with Crippen molar-refractivity contribution in [2.24, 2.45) is 11.8 Å². The van der Waals surface area contributed by atoms with Crippen LogP contribution in [0.1, 0.15) is 137 Å². The minimum absolute atomic E-state index is 0.0145. The van der Waals surface area contributed by atoms with E-state index in [9.17, 15) is 4.79 Å². The molecule has 0 aromatic rings. The molecule has 0 atom stereocenters. The van der Waals surface area contributed by atoms with Crippen molar-refractivity contribution < 1.29 is 9.53 Å². The van der Waals surface area contributed by atoms with Crippen LogP contribution in [0.15, 0.2) is 0 Å². The van der Waals surface area contributed by atoms with Crippen LogP contribution in [0.3, 0.4) is 0 Å². The Kier molecular flexibility index (Phi) is 19.8. The van der Waals surface area contributed by atoms with E-state index in [0.29, 0.717) is 13.0 Å². The van der Waals surface area contributed by atoms with E-state index in [1.807, 2.05) is 0 Å². The molecule has 0 unspecified atom stereocenters. The van der Waals surface area contributed by atoms with E-state index in [1.165, 1.54) is 89.9 Å². The summed E-state index contributed by atoms with van der Waals surface area (Å²) in [5, 5.41) is 0. The van der Waals surface area contributed by atoms with Crippen LogP contribution in [-0.2, 0) is 9.53 Å². The summed E-state index contributed by atoms with van der Waals surface area (Å²) in [6, 6.07) is 0. The summed E-state index contributed by atoms with van der Waals surface area (Å²) < 4.78 is 5.36. The van der Waals surface area contributed by atoms with E-state index in [0.717, 1.165) is 24.7 Å². The minimum atomic E-state index is 0.0145. The zero-order valence-corrected chi connectivity index (χ0v) is 19.2. The van der Waals surface area contributed by atoms with Crippen LogP contribution < -0.4 is 0 Å². The van der Waals surface area contributed by atoms with Gasteiger partial charge in [0, 0.05) is 6.42 Å². The van der Waals surface area contributed by atoms with Crippen LogP contribution in [-0.4, -0.2) is 12.6 Å². The molecule has 0 bridgehead atoms. The van der Waals surface area contributed by atoms with Gasteiger partial charge in [-0.05, 0) is 24.7 Å². The molecule has 0 fully saturated rings.